The molecule has 3 heterocycles. The average Bonchev–Trinajstić information content (AvgIpc) is 3.42. The number of anilines is 1. The van der Waals surface area contributed by atoms with E-state index in [1.54, 1.807) is 30.5 Å². The van der Waals surface area contributed by atoms with Crippen LogP contribution < -0.4 is 10.1 Å². The SMILES string of the molecule is CC(C)C(=O)Nc1nc(OCCc2ccc([N+](=O)[O-])cc2)c2ncn([C@H]3C[C@@H](O)[C@H](CO)O3)c2n1. The van der Waals surface area contributed by atoms with Crippen molar-refractivity contribution in [3.05, 3.63) is 46.3 Å². The Balaban J connectivity index is 1.59. The van der Waals surface area contributed by atoms with Crippen LogP contribution in [0.2, 0.25) is 0 Å². The number of hydrogen-bond acceptors (Lipinski definition) is 10. The maximum absolute atomic E-state index is 12.3. The molecule has 3 N–H and O–H groups in total. The van der Waals surface area contributed by atoms with Gasteiger partial charge in [0, 0.05) is 30.9 Å². The fraction of sp³-hybridized carbons (Fsp3) is 0.455. The number of aliphatic hydroxyl groups is 2. The molecule has 13 nitrogen and oxygen atoms in total. The first-order valence-corrected chi connectivity index (χ1v) is 11.1. The third kappa shape index (κ3) is 5.37. The maximum Gasteiger partial charge on any atom is 0.269 e. The number of aliphatic hydroxyl groups excluding tert-OH is 2. The number of benzene rings is 1. The highest BCUT2D eigenvalue weighted by atomic mass is 16.6. The number of hydrogen-bond donors (Lipinski definition) is 3. The van der Waals surface area contributed by atoms with Crippen LogP contribution in [0.25, 0.3) is 11.2 Å². The molecule has 1 aromatic carbocycles. The number of fused-ring (bicyclic) bond motifs is 1. The molecule has 1 amide bonds. The number of non-ortho nitro benzene ring substituents is 1. The molecule has 0 unspecified atom stereocenters. The van der Waals surface area contributed by atoms with Gasteiger partial charge >= 0.3 is 0 Å². The summed E-state index contributed by atoms with van der Waals surface area (Å²) in [5, 5.41) is 33.0. The minimum atomic E-state index is -0.846. The monoisotopic (exact) mass is 486 g/mol. The predicted molar refractivity (Wildman–Crippen MR) is 123 cm³/mol. The van der Waals surface area contributed by atoms with E-state index in [9.17, 15) is 25.1 Å². The standard InChI is InChI=1S/C22H26N6O7/c1-12(2)20(31)25-22-24-19-18(23-11-27(19)17-9-15(30)16(10-29)35-17)21(26-22)34-8-7-13-3-5-14(6-4-13)28(32)33/h3-6,11-12,15-17,29-30H,7-10H2,1-2H3,(H,24,25,26,31)/t15-,16+,17-/m1/s1. The predicted octanol–water partition coefficient (Wildman–Crippen LogP) is 1.59. The van der Waals surface area contributed by atoms with E-state index in [1.807, 2.05) is 0 Å². The smallest absolute Gasteiger partial charge is 0.269 e. The number of imidazole rings is 1. The molecule has 1 fully saturated rings. The summed E-state index contributed by atoms with van der Waals surface area (Å²) >= 11 is 0. The number of nitro benzene ring substituents is 1. The first-order chi connectivity index (χ1) is 16.8. The number of aromatic nitrogens is 4. The van der Waals surface area contributed by atoms with Crippen molar-refractivity contribution < 1.29 is 29.4 Å². The van der Waals surface area contributed by atoms with Crippen molar-refractivity contribution in [2.24, 2.45) is 5.92 Å². The Kier molecular flexibility index (Phi) is 7.19. The van der Waals surface area contributed by atoms with E-state index in [4.69, 9.17) is 9.47 Å². The van der Waals surface area contributed by atoms with Crippen LogP contribution in [0.4, 0.5) is 11.6 Å². The van der Waals surface area contributed by atoms with Crippen LogP contribution in [0.3, 0.4) is 0 Å². The van der Waals surface area contributed by atoms with Crippen molar-refractivity contribution >= 4 is 28.7 Å². The summed E-state index contributed by atoms with van der Waals surface area (Å²) in [5.41, 5.74) is 1.51. The Morgan fingerprint density at radius 1 is 1.34 bits per heavy atom. The molecule has 4 rings (SSSR count). The zero-order valence-corrected chi connectivity index (χ0v) is 19.2. The van der Waals surface area contributed by atoms with E-state index in [0.29, 0.717) is 17.6 Å². The molecule has 2 aromatic heterocycles. The van der Waals surface area contributed by atoms with E-state index in [0.717, 1.165) is 5.56 Å². The Labute approximate surface area is 199 Å². The molecule has 1 aliphatic rings. The number of ether oxygens (including phenoxy) is 2. The van der Waals surface area contributed by atoms with Gasteiger partial charge in [0.1, 0.15) is 12.3 Å². The van der Waals surface area contributed by atoms with Crippen LogP contribution in [-0.4, -0.2) is 66.0 Å². The molecule has 35 heavy (non-hydrogen) atoms. The Morgan fingerprint density at radius 3 is 2.71 bits per heavy atom. The molecule has 1 aliphatic heterocycles. The van der Waals surface area contributed by atoms with Crippen LogP contribution in [-0.2, 0) is 16.0 Å². The van der Waals surface area contributed by atoms with Gasteiger partial charge in [0.05, 0.1) is 30.6 Å². The summed E-state index contributed by atoms with van der Waals surface area (Å²) in [6.45, 7) is 3.34. The minimum Gasteiger partial charge on any atom is -0.476 e. The van der Waals surface area contributed by atoms with E-state index < -0.39 is 23.4 Å². The van der Waals surface area contributed by atoms with E-state index >= 15 is 0 Å². The van der Waals surface area contributed by atoms with Gasteiger partial charge < -0.3 is 19.7 Å². The highest BCUT2D eigenvalue weighted by Crippen LogP contribution is 2.33. The molecule has 0 saturated carbocycles. The van der Waals surface area contributed by atoms with Crippen molar-refractivity contribution in [2.45, 2.75) is 45.1 Å². The van der Waals surface area contributed by atoms with Crippen molar-refractivity contribution in [1.29, 1.82) is 0 Å². The fourth-order valence-electron chi connectivity index (χ4n) is 3.61. The van der Waals surface area contributed by atoms with Gasteiger partial charge in [-0.3, -0.25) is 24.8 Å². The number of rotatable bonds is 9. The topological polar surface area (TPSA) is 175 Å². The number of nitro groups is 1. The maximum atomic E-state index is 12.3. The van der Waals surface area contributed by atoms with E-state index in [1.165, 1.54) is 18.5 Å². The summed E-state index contributed by atoms with van der Waals surface area (Å²) < 4.78 is 13.2. The number of carbonyl (C=O) groups is 1. The van der Waals surface area contributed by atoms with Crippen LogP contribution in [0.15, 0.2) is 30.6 Å². The molecule has 0 spiro atoms. The molecule has 1 saturated heterocycles. The molecule has 3 aromatic rings. The molecule has 0 radical (unpaired) electrons. The fourth-order valence-corrected chi connectivity index (χ4v) is 3.61. The third-order valence-electron chi connectivity index (χ3n) is 5.62. The van der Waals surface area contributed by atoms with Gasteiger partial charge in [0.2, 0.25) is 17.7 Å². The second-order valence-electron chi connectivity index (χ2n) is 8.46. The summed E-state index contributed by atoms with van der Waals surface area (Å²) in [4.78, 5) is 35.7. The van der Waals surface area contributed by atoms with Gasteiger partial charge in [0.25, 0.3) is 5.69 Å². The van der Waals surface area contributed by atoms with Gasteiger partial charge in [-0.1, -0.05) is 26.0 Å². The number of nitrogens with zero attached hydrogens (tertiary/aromatic N) is 5. The summed E-state index contributed by atoms with van der Waals surface area (Å²) in [6.07, 6.45) is -0.0332. The second kappa shape index (κ2) is 10.3. The zero-order valence-electron chi connectivity index (χ0n) is 19.2. The molecule has 13 heteroatoms. The van der Waals surface area contributed by atoms with Crippen LogP contribution in [0.5, 0.6) is 5.88 Å². The quantitative estimate of drug-likeness (QED) is 0.297. The van der Waals surface area contributed by atoms with Crippen molar-refractivity contribution in [3.63, 3.8) is 0 Å². The lowest BCUT2D eigenvalue weighted by Gasteiger charge is -2.15. The van der Waals surface area contributed by atoms with E-state index in [2.05, 4.69) is 20.3 Å². The van der Waals surface area contributed by atoms with Gasteiger partial charge in [-0.2, -0.15) is 9.97 Å². The number of nitrogens with one attached hydrogen (secondary N) is 1. The summed E-state index contributed by atoms with van der Waals surface area (Å²) in [5.74, 6) is -0.406. The summed E-state index contributed by atoms with van der Waals surface area (Å²) in [6, 6.07) is 6.16. The lowest BCUT2D eigenvalue weighted by molar-refractivity contribution is -0.384. The second-order valence-corrected chi connectivity index (χ2v) is 8.46. The molecular formula is C22H26N6O7. The Hall–Kier alpha value is -3.68. The van der Waals surface area contributed by atoms with Gasteiger partial charge in [-0.15, -0.1) is 0 Å². The van der Waals surface area contributed by atoms with E-state index in [-0.39, 0.29) is 49.0 Å². The molecule has 3 atom stereocenters. The molecule has 0 bridgehead atoms. The minimum absolute atomic E-state index is 0.00550. The lowest BCUT2D eigenvalue weighted by Crippen LogP contribution is -2.24. The number of amides is 1. The first kappa shape index (κ1) is 24.4. The van der Waals surface area contributed by atoms with Crippen molar-refractivity contribution in [1.82, 2.24) is 19.5 Å². The highest BCUT2D eigenvalue weighted by Gasteiger charge is 2.35. The first-order valence-electron chi connectivity index (χ1n) is 11.1. The van der Waals surface area contributed by atoms with Crippen LogP contribution in [0, 0.1) is 16.0 Å². The zero-order chi connectivity index (χ0) is 25.1. The molecule has 0 aliphatic carbocycles. The Bertz CT molecular complexity index is 1210. The third-order valence-corrected chi connectivity index (χ3v) is 5.62. The van der Waals surface area contributed by atoms with Crippen LogP contribution >= 0.6 is 0 Å². The molecular weight excluding hydrogens is 460 g/mol. The molecule has 186 valence electrons. The normalized spacial score (nSPS) is 19.9. The van der Waals surface area contributed by atoms with Crippen LogP contribution in [0.1, 0.15) is 32.1 Å². The lowest BCUT2D eigenvalue weighted by atomic mass is 10.1. The van der Waals surface area contributed by atoms with Gasteiger partial charge in [0.15, 0.2) is 11.2 Å². The van der Waals surface area contributed by atoms with Crippen molar-refractivity contribution in [3.8, 4) is 5.88 Å². The summed E-state index contributed by atoms with van der Waals surface area (Å²) in [7, 11) is 0. The average molecular weight is 486 g/mol. The largest absolute Gasteiger partial charge is 0.476 e. The van der Waals surface area contributed by atoms with Gasteiger partial charge in [-0.25, -0.2) is 4.98 Å². The highest BCUT2D eigenvalue weighted by molar-refractivity contribution is 5.91. The number of carbonyl (C=O) groups excluding carboxylic acids is 1. The van der Waals surface area contributed by atoms with Crippen molar-refractivity contribution in [2.75, 3.05) is 18.5 Å². The Morgan fingerprint density at radius 2 is 2.09 bits per heavy atom. The van der Waals surface area contributed by atoms with Gasteiger partial charge in [-0.05, 0) is 5.56 Å².